The SMILES string of the molecule is CCc1nc(-c2ccccc2)c(C)c(-c2ccc(F)cc2)c1C(C)(O)C(CC)(C(=O)O)[P+](=O)O. The molecule has 0 radical (unpaired) electrons. The molecule has 0 saturated heterocycles. The van der Waals surface area contributed by atoms with E-state index >= 15 is 0 Å². The van der Waals surface area contributed by atoms with Gasteiger partial charge in [0.25, 0.3) is 0 Å². The van der Waals surface area contributed by atoms with Gasteiger partial charge in [-0.2, -0.15) is 4.89 Å². The lowest BCUT2D eigenvalue weighted by molar-refractivity contribution is -0.149. The first-order valence-electron chi connectivity index (χ1n) is 11.0. The quantitative estimate of drug-likeness (QED) is 0.359. The summed E-state index contributed by atoms with van der Waals surface area (Å²) in [6, 6.07) is 15.0. The highest BCUT2D eigenvalue weighted by Crippen LogP contribution is 2.54. The van der Waals surface area contributed by atoms with Gasteiger partial charge >= 0.3 is 19.2 Å². The van der Waals surface area contributed by atoms with E-state index in [0.717, 1.165) is 5.56 Å². The standard InChI is InChI=1S/C26H27FNO5P/c1-5-20-22(25(4,31)26(6-2,24(29)30)34(32)33)21(17-12-14-19(27)15-13-17)16(3)23(28-20)18-10-8-7-9-11-18/h7-15,31H,5-6H2,1-4H3,(H-,29,30,32,33)/p+1. The van der Waals surface area contributed by atoms with Gasteiger partial charge in [0.2, 0.25) is 0 Å². The van der Waals surface area contributed by atoms with E-state index in [1.807, 2.05) is 37.3 Å². The summed E-state index contributed by atoms with van der Waals surface area (Å²) in [7, 11) is -3.35. The molecule has 178 valence electrons. The Morgan fingerprint density at radius 3 is 2.12 bits per heavy atom. The topological polar surface area (TPSA) is 108 Å². The van der Waals surface area contributed by atoms with Crippen molar-refractivity contribution < 1.29 is 28.9 Å². The highest BCUT2D eigenvalue weighted by molar-refractivity contribution is 7.41. The molecular formula is C26H28FNO5P+. The molecule has 0 saturated carbocycles. The Bertz CT molecular complexity index is 1210. The van der Waals surface area contributed by atoms with Crippen LogP contribution in [0.3, 0.4) is 0 Å². The minimum Gasteiger partial charge on any atom is -0.477 e. The molecule has 3 rings (SSSR count). The van der Waals surface area contributed by atoms with Crippen molar-refractivity contribution in [2.24, 2.45) is 0 Å². The van der Waals surface area contributed by atoms with E-state index in [1.165, 1.54) is 26.0 Å². The van der Waals surface area contributed by atoms with Crippen molar-refractivity contribution in [2.45, 2.75) is 51.3 Å². The molecule has 3 N–H and O–H groups in total. The summed E-state index contributed by atoms with van der Waals surface area (Å²) in [5, 5.41) is 19.6. The fraction of sp³-hybridized carbons (Fsp3) is 0.308. The molecule has 34 heavy (non-hydrogen) atoms. The number of hydrogen-bond donors (Lipinski definition) is 3. The van der Waals surface area contributed by atoms with E-state index in [4.69, 9.17) is 4.98 Å². The van der Waals surface area contributed by atoms with Crippen LogP contribution in [0.4, 0.5) is 4.39 Å². The van der Waals surface area contributed by atoms with Crippen molar-refractivity contribution in [1.29, 1.82) is 0 Å². The van der Waals surface area contributed by atoms with Gasteiger partial charge in [-0.1, -0.05) is 56.3 Å². The maximum atomic E-state index is 13.8. The Balaban J connectivity index is 2.52. The van der Waals surface area contributed by atoms with Crippen LogP contribution < -0.4 is 0 Å². The van der Waals surface area contributed by atoms with Crippen molar-refractivity contribution in [2.75, 3.05) is 0 Å². The summed E-state index contributed by atoms with van der Waals surface area (Å²) >= 11 is 0. The van der Waals surface area contributed by atoms with E-state index < -0.39 is 30.6 Å². The Morgan fingerprint density at radius 1 is 1.06 bits per heavy atom. The van der Waals surface area contributed by atoms with Crippen LogP contribution in [0.25, 0.3) is 22.4 Å². The molecule has 8 heteroatoms. The van der Waals surface area contributed by atoms with Crippen LogP contribution in [0.1, 0.15) is 44.0 Å². The molecular weight excluding hydrogens is 456 g/mol. The first-order valence-corrected chi connectivity index (χ1v) is 12.2. The van der Waals surface area contributed by atoms with Gasteiger partial charge < -0.3 is 10.2 Å². The summed E-state index contributed by atoms with van der Waals surface area (Å²) in [6.07, 6.45) is 0.0218. The van der Waals surface area contributed by atoms with E-state index in [1.54, 1.807) is 19.1 Å². The van der Waals surface area contributed by atoms with Crippen LogP contribution in [0.2, 0.25) is 0 Å². The van der Waals surface area contributed by atoms with Crippen LogP contribution in [-0.2, 0) is 21.4 Å². The molecule has 0 aliphatic rings. The summed E-state index contributed by atoms with van der Waals surface area (Å²) in [5.74, 6) is -2.03. The average Bonchev–Trinajstić information content (AvgIpc) is 2.80. The molecule has 1 heterocycles. The van der Waals surface area contributed by atoms with Crippen molar-refractivity contribution in [3.05, 3.63) is 77.2 Å². The normalized spacial score (nSPS) is 15.3. The molecule has 3 atom stereocenters. The number of carboxylic acid groups (broad SMARTS) is 1. The van der Waals surface area contributed by atoms with Gasteiger partial charge in [-0.3, -0.25) is 4.98 Å². The molecule has 3 aromatic rings. The largest absolute Gasteiger partial charge is 0.527 e. The molecule has 0 fully saturated rings. The van der Waals surface area contributed by atoms with Crippen molar-refractivity contribution in [1.82, 2.24) is 4.98 Å². The van der Waals surface area contributed by atoms with Gasteiger partial charge in [0.1, 0.15) is 5.82 Å². The number of aliphatic hydroxyl groups is 1. The fourth-order valence-corrected chi connectivity index (χ4v) is 5.59. The van der Waals surface area contributed by atoms with Crippen molar-refractivity contribution in [3.63, 3.8) is 0 Å². The number of pyridine rings is 1. The number of aryl methyl sites for hydroxylation is 1. The number of hydrogen-bond acceptors (Lipinski definition) is 4. The van der Waals surface area contributed by atoms with Gasteiger partial charge in [0.15, 0.2) is 5.60 Å². The summed E-state index contributed by atoms with van der Waals surface area (Å²) in [4.78, 5) is 27.4. The smallest absolute Gasteiger partial charge is 0.477 e. The monoisotopic (exact) mass is 484 g/mol. The second-order valence-electron chi connectivity index (χ2n) is 8.37. The van der Waals surface area contributed by atoms with Gasteiger partial charge in [-0.05, 0) is 53.7 Å². The minimum absolute atomic E-state index is 0.153. The molecule has 3 unspecified atom stereocenters. The number of nitrogens with zero attached hydrogens (tertiary/aromatic N) is 1. The van der Waals surface area contributed by atoms with E-state index in [-0.39, 0.29) is 12.0 Å². The molecule has 0 aliphatic carbocycles. The zero-order chi connectivity index (χ0) is 25.3. The molecule has 1 aromatic heterocycles. The Hall–Kier alpha value is -2.99. The lowest BCUT2D eigenvalue weighted by Gasteiger charge is -2.36. The van der Waals surface area contributed by atoms with Gasteiger partial charge in [-0.25, -0.2) is 9.18 Å². The second-order valence-corrected chi connectivity index (χ2v) is 9.68. The first kappa shape index (κ1) is 25.6. The highest BCUT2D eigenvalue weighted by atomic mass is 31.1. The van der Waals surface area contributed by atoms with Gasteiger partial charge in [0, 0.05) is 23.2 Å². The van der Waals surface area contributed by atoms with Crippen molar-refractivity contribution in [3.8, 4) is 22.4 Å². The van der Waals surface area contributed by atoms with E-state index in [9.17, 15) is 28.9 Å². The first-order chi connectivity index (χ1) is 16.0. The predicted molar refractivity (Wildman–Crippen MR) is 129 cm³/mol. The molecule has 2 aromatic carbocycles. The zero-order valence-electron chi connectivity index (χ0n) is 19.5. The zero-order valence-corrected chi connectivity index (χ0v) is 20.4. The number of benzene rings is 2. The Kier molecular flexibility index (Phi) is 7.32. The number of rotatable bonds is 8. The van der Waals surface area contributed by atoms with Crippen LogP contribution in [-0.4, -0.2) is 31.2 Å². The van der Waals surface area contributed by atoms with E-state index in [0.29, 0.717) is 34.5 Å². The molecule has 0 spiro atoms. The number of carbonyl (C=O) groups is 1. The second kappa shape index (κ2) is 9.71. The lowest BCUT2D eigenvalue weighted by atomic mass is 9.74. The maximum absolute atomic E-state index is 13.8. The summed E-state index contributed by atoms with van der Waals surface area (Å²) in [5.41, 5.74) is 1.34. The fourth-order valence-electron chi connectivity index (χ4n) is 4.67. The van der Waals surface area contributed by atoms with Crippen LogP contribution >= 0.6 is 8.03 Å². The highest BCUT2D eigenvalue weighted by Gasteiger charge is 2.69. The third-order valence-corrected chi connectivity index (χ3v) is 8.11. The van der Waals surface area contributed by atoms with Gasteiger partial charge in [-0.15, -0.1) is 0 Å². The third kappa shape index (κ3) is 4.05. The average molecular weight is 484 g/mol. The summed E-state index contributed by atoms with van der Waals surface area (Å²) in [6.45, 7) is 6.31. The minimum atomic E-state index is -3.35. The van der Waals surface area contributed by atoms with Crippen molar-refractivity contribution >= 4 is 14.0 Å². The molecule has 6 nitrogen and oxygen atoms in total. The summed E-state index contributed by atoms with van der Waals surface area (Å²) < 4.78 is 26.3. The Labute approximate surface area is 199 Å². The maximum Gasteiger partial charge on any atom is 0.527 e. The third-order valence-electron chi connectivity index (χ3n) is 6.51. The molecule has 0 bridgehead atoms. The predicted octanol–water partition coefficient (Wildman–Crippen LogP) is 5.60. The number of aliphatic carboxylic acids is 1. The van der Waals surface area contributed by atoms with Crippen LogP contribution in [0, 0.1) is 12.7 Å². The Morgan fingerprint density at radius 2 is 1.65 bits per heavy atom. The number of carboxylic acids is 1. The van der Waals surface area contributed by atoms with Crippen LogP contribution in [0.15, 0.2) is 54.6 Å². The van der Waals surface area contributed by atoms with E-state index in [2.05, 4.69) is 0 Å². The van der Waals surface area contributed by atoms with Crippen LogP contribution in [0.5, 0.6) is 0 Å². The lowest BCUT2D eigenvalue weighted by Crippen LogP contribution is -2.53. The molecule has 0 aliphatic heterocycles. The molecule has 0 amide bonds. The number of aromatic nitrogens is 1. The van der Waals surface area contributed by atoms with Gasteiger partial charge in [0.05, 0.1) is 5.69 Å². The number of halogens is 1.